The number of benzene rings is 1. The Bertz CT molecular complexity index is 469. The van der Waals surface area contributed by atoms with Crippen molar-refractivity contribution in [3.05, 3.63) is 34.6 Å². The molecule has 0 heterocycles. The van der Waals surface area contributed by atoms with E-state index in [0.29, 0.717) is 11.5 Å². The van der Waals surface area contributed by atoms with Crippen molar-refractivity contribution in [2.75, 3.05) is 5.33 Å². The van der Waals surface area contributed by atoms with Gasteiger partial charge in [-0.2, -0.15) is 0 Å². The summed E-state index contributed by atoms with van der Waals surface area (Å²) in [5, 5.41) is 4.06. The molecule has 1 aliphatic rings. The topological polar surface area (TPSA) is 29.1 Å². The summed E-state index contributed by atoms with van der Waals surface area (Å²) in [7, 11) is 0. The van der Waals surface area contributed by atoms with Crippen LogP contribution >= 0.6 is 27.5 Å². The van der Waals surface area contributed by atoms with Crippen LogP contribution in [0.5, 0.6) is 0 Å². The Morgan fingerprint density at radius 1 is 1.42 bits per heavy atom. The molecule has 5 heteroatoms. The van der Waals surface area contributed by atoms with E-state index in [9.17, 15) is 9.18 Å². The molecule has 0 aliphatic heterocycles. The number of nitrogens with one attached hydrogen (secondary N) is 1. The van der Waals surface area contributed by atoms with Gasteiger partial charge in [0.2, 0.25) is 0 Å². The summed E-state index contributed by atoms with van der Waals surface area (Å²) in [5.74, 6) is -0.197. The molecule has 0 bridgehead atoms. The Morgan fingerprint density at radius 2 is 2.16 bits per heavy atom. The van der Waals surface area contributed by atoms with Crippen molar-refractivity contribution in [3.63, 3.8) is 0 Å². The molecular weight excluding hydrogens is 333 g/mol. The van der Waals surface area contributed by atoms with Gasteiger partial charge in [0.05, 0.1) is 10.6 Å². The maximum absolute atomic E-state index is 13.0. The first-order valence-electron chi connectivity index (χ1n) is 6.43. The third-order valence-corrected chi connectivity index (χ3v) is 4.74. The van der Waals surface area contributed by atoms with Crippen LogP contribution in [0.25, 0.3) is 0 Å². The molecule has 1 N–H and O–H groups in total. The maximum atomic E-state index is 13.0. The van der Waals surface area contributed by atoms with Crippen molar-refractivity contribution in [1.82, 2.24) is 5.32 Å². The van der Waals surface area contributed by atoms with Gasteiger partial charge in [0.1, 0.15) is 5.82 Å². The van der Waals surface area contributed by atoms with Gasteiger partial charge >= 0.3 is 0 Å². The van der Waals surface area contributed by atoms with Gasteiger partial charge in [-0.3, -0.25) is 4.79 Å². The van der Waals surface area contributed by atoms with Gasteiger partial charge in [-0.1, -0.05) is 40.4 Å². The molecule has 2 atom stereocenters. The lowest BCUT2D eigenvalue weighted by molar-refractivity contribution is 0.0912. The highest BCUT2D eigenvalue weighted by Gasteiger charge is 2.26. The van der Waals surface area contributed by atoms with E-state index in [1.54, 1.807) is 0 Å². The summed E-state index contributed by atoms with van der Waals surface area (Å²) >= 11 is 9.40. The quantitative estimate of drug-likeness (QED) is 0.816. The number of amides is 1. The zero-order valence-electron chi connectivity index (χ0n) is 10.5. The van der Waals surface area contributed by atoms with Gasteiger partial charge in [-0.05, 0) is 37.0 Å². The fourth-order valence-corrected chi connectivity index (χ4v) is 3.53. The normalized spacial score (nSPS) is 23.1. The SMILES string of the molecule is O=C(NC1CCCCC1CBr)c1ccc(F)cc1Cl. The second-order valence-corrected chi connectivity index (χ2v) is 5.96. The molecule has 2 rings (SSSR count). The van der Waals surface area contributed by atoms with Crippen LogP contribution in [0.15, 0.2) is 18.2 Å². The number of carbonyl (C=O) groups excluding carboxylic acids is 1. The molecule has 1 aliphatic carbocycles. The summed E-state index contributed by atoms with van der Waals surface area (Å²) in [6, 6.07) is 4.02. The highest BCUT2D eigenvalue weighted by Crippen LogP contribution is 2.26. The minimum atomic E-state index is -0.433. The first-order chi connectivity index (χ1) is 9.11. The van der Waals surface area contributed by atoms with Crippen molar-refractivity contribution in [2.24, 2.45) is 5.92 Å². The standard InChI is InChI=1S/C14H16BrClFNO/c15-8-9-3-1-2-4-13(9)18-14(19)11-6-5-10(17)7-12(11)16/h5-7,9,13H,1-4,8H2,(H,18,19). The molecule has 19 heavy (non-hydrogen) atoms. The minimum absolute atomic E-state index is 0.156. The fourth-order valence-electron chi connectivity index (χ4n) is 2.50. The van der Waals surface area contributed by atoms with E-state index in [2.05, 4.69) is 21.2 Å². The van der Waals surface area contributed by atoms with E-state index in [4.69, 9.17) is 11.6 Å². The van der Waals surface area contributed by atoms with Crippen LogP contribution in [0.4, 0.5) is 4.39 Å². The average Bonchev–Trinajstić information content (AvgIpc) is 2.39. The van der Waals surface area contributed by atoms with Crippen LogP contribution in [0.1, 0.15) is 36.0 Å². The second kappa shape index (κ2) is 6.71. The molecule has 1 aromatic rings. The highest BCUT2D eigenvalue weighted by molar-refractivity contribution is 9.09. The van der Waals surface area contributed by atoms with Crippen LogP contribution in [-0.2, 0) is 0 Å². The van der Waals surface area contributed by atoms with E-state index in [0.717, 1.165) is 24.6 Å². The maximum Gasteiger partial charge on any atom is 0.253 e. The number of carbonyl (C=O) groups is 1. The van der Waals surface area contributed by atoms with Crippen LogP contribution in [-0.4, -0.2) is 17.3 Å². The lowest BCUT2D eigenvalue weighted by Gasteiger charge is -2.31. The summed E-state index contributed by atoms with van der Waals surface area (Å²) in [6.07, 6.45) is 4.44. The lowest BCUT2D eigenvalue weighted by Crippen LogP contribution is -2.42. The first kappa shape index (κ1) is 14.8. The minimum Gasteiger partial charge on any atom is -0.349 e. The number of alkyl halides is 1. The third kappa shape index (κ3) is 3.69. The molecular formula is C14H16BrClFNO. The fraction of sp³-hybridized carbons (Fsp3) is 0.500. The van der Waals surface area contributed by atoms with E-state index < -0.39 is 5.82 Å². The number of hydrogen-bond acceptors (Lipinski definition) is 1. The summed E-state index contributed by atoms with van der Waals surface area (Å²) in [4.78, 5) is 12.2. The molecule has 0 spiro atoms. The Balaban J connectivity index is 2.07. The first-order valence-corrected chi connectivity index (χ1v) is 7.93. The van der Waals surface area contributed by atoms with Gasteiger partial charge in [0, 0.05) is 11.4 Å². The van der Waals surface area contributed by atoms with Gasteiger partial charge in [-0.15, -0.1) is 0 Å². The Hall–Kier alpha value is -0.610. The van der Waals surface area contributed by atoms with Crippen LogP contribution in [0.2, 0.25) is 5.02 Å². The van der Waals surface area contributed by atoms with E-state index in [1.165, 1.54) is 24.6 Å². The van der Waals surface area contributed by atoms with Crippen LogP contribution in [0, 0.1) is 11.7 Å². The smallest absolute Gasteiger partial charge is 0.253 e. The molecule has 1 aromatic carbocycles. The molecule has 2 unspecified atom stereocenters. The lowest BCUT2D eigenvalue weighted by atomic mass is 9.86. The van der Waals surface area contributed by atoms with Crippen molar-refractivity contribution in [3.8, 4) is 0 Å². The second-order valence-electron chi connectivity index (χ2n) is 4.90. The number of rotatable bonds is 3. The number of halogens is 3. The van der Waals surface area contributed by atoms with Gasteiger partial charge in [0.25, 0.3) is 5.91 Å². The molecule has 1 saturated carbocycles. The van der Waals surface area contributed by atoms with Crippen LogP contribution in [0.3, 0.4) is 0 Å². The zero-order chi connectivity index (χ0) is 13.8. The monoisotopic (exact) mass is 347 g/mol. The van der Waals surface area contributed by atoms with E-state index in [1.807, 2.05) is 0 Å². The highest BCUT2D eigenvalue weighted by atomic mass is 79.9. The Labute approximate surface area is 125 Å². The van der Waals surface area contributed by atoms with Gasteiger partial charge < -0.3 is 5.32 Å². The van der Waals surface area contributed by atoms with E-state index in [-0.39, 0.29) is 17.0 Å². The van der Waals surface area contributed by atoms with Crippen molar-refractivity contribution in [2.45, 2.75) is 31.7 Å². The van der Waals surface area contributed by atoms with Gasteiger partial charge in [-0.25, -0.2) is 4.39 Å². The molecule has 1 amide bonds. The average molecular weight is 349 g/mol. The van der Waals surface area contributed by atoms with Crippen LogP contribution < -0.4 is 5.32 Å². The molecule has 2 nitrogen and oxygen atoms in total. The summed E-state index contributed by atoms with van der Waals surface area (Å²) in [5.41, 5.74) is 0.335. The molecule has 104 valence electrons. The largest absolute Gasteiger partial charge is 0.349 e. The summed E-state index contributed by atoms with van der Waals surface area (Å²) < 4.78 is 13.0. The molecule has 0 saturated heterocycles. The predicted octanol–water partition coefficient (Wildman–Crippen LogP) is 4.16. The Morgan fingerprint density at radius 3 is 2.84 bits per heavy atom. The zero-order valence-corrected chi connectivity index (χ0v) is 12.8. The van der Waals surface area contributed by atoms with Crippen molar-refractivity contribution >= 4 is 33.4 Å². The Kier molecular flexibility index (Phi) is 5.22. The van der Waals surface area contributed by atoms with Crippen molar-refractivity contribution < 1.29 is 9.18 Å². The van der Waals surface area contributed by atoms with E-state index >= 15 is 0 Å². The molecule has 1 fully saturated rings. The predicted molar refractivity (Wildman–Crippen MR) is 78.4 cm³/mol. The summed E-state index contributed by atoms with van der Waals surface area (Å²) in [6.45, 7) is 0. The van der Waals surface area contributed by atoms with Crippen molar-refractivity contribution in [1.29, 1.82) is 0 Å². The molecule has 0 aromatic heterocycles. The number of hydrogen-bond donors (Lipinski definition) is 1. The molecule has 0 radical (unpaired) electrons. The third-order valence-electron chi connectivity index (χ3n) is 3.60. The van der Waals surface area contributed by atoms with Gasteiger partial charge in [0.15, 0.2) is 0 Å².